The number of rotatable bonds is 2. The lowest BCUT2D eigenvalue weighted by Crippen LogP contribution is -2.52. The first kappa shape index (κ1) is 13.3. The minimum atomic E-state index is 0.215. The molecule has 0 saturated carbocycles. The van der Waals surface area contributed by atoms with Crippen LogP contribution in [0.3, 0.4) is 0 Å². The van der Waals surface area contributed by atoms with Crippen molar-refractivity contribution in [2.45, 2.75) is 64.1 Å². The van der Waals surface area contributed by atoms with Crippen LogP contribution in [0.1, 0.15) is 47.0 Å². The van der Waals surface area contributed by atoms with Gasteiger partial charge in [-0.25, -0.2) is 0 Å². The molecule has 2 rings (SSSR count). The first-order valence-electron chi connectivity index (χ1n) is 7.01. The highest BCUT2D eigenvalue weighted by Crippen LogP contribution is 2.26. The SMILES string of the molecule is CC1(C)CN(CC2CCCO2)C(C)(C)CCN1. The van der Waals surface area contributed by atoms with Gasteiger partial charge in [-0.05, 0) is 53.5 Å². The van der Waals surface area contributed by atoms with Crippen LogP contribution in [0.2, 0.25) is 0 Å². The molecular weight excluding hydrogens is 212 g/mol. The maximum absolute atomic E-state index is 5.80. The van der Waals surface area contributed by atoms with Crippen molar-refractivity contribution in [1.82, 2.24) is 10.2 Å². The van der Waals surface area contributed by atoms with Crippen molar-refractivity contribution in [2.75, 3.05) is 26.2 Å². The van der Waals surface area contributed by atoms with Crippen molar-refractivity contribution >= 4 is 0 Å². The summed E-state index contributed by atoms with van der Waals surface area (Å²) in [6, 6.07) is 0. The van der Waals surface area contributed by atoms with E-state index in [0.29, 0.717) is 6.10 Å². The van der Waals surface area contributed by atoms with Crippen LogP contribution in [0.4, 0.5) is 0 Å². The molecule has 0 amide bonds. The Morgan fingerprint density at radius 3 is 2.71 bits per heavy atom. The quantitative estimate of drug-likeness (QED) is 0.799. The summed E-state index contributed by atoms with van der Waals surface area (Å²) in [4.78, 5) is 2.63. The Morgan fingerprint density at radius 2 is 2.06 bits per heavy atom. The van der Waals surface area contributed by atoms with Crippen molar-refractivity contribution < 1.29 is 4.74 Å². The van der Waals surface area contributed by atoms with Crippen LogP contribution in [0.5, 0.6) is 0 Å². The molecule has 2 fully saturated rings. The Kier molecular flexibility index (Phi) is 3.81. The molecule has 0 aromatic rings. The third-order valence-electron chi connectivity index (χ3n) is 4.23. The number of hydrogen-bond donors (Lipinski definition) is 1. The maximum Gasteiger partial charge on any atom is 0.0703 e. The zero-order valence-electron chi connectivity index (χ0n) is 11.9. The molecule has 0 aromatic carbocycles. The summed E-state index contributed by atoms with van der Waals surface area (Å²) in [5.74, 6) is 0. The Bertz CT molecular complexity index is 257. The summed E-state index contributed by atoms with van der Waals surface area (Å²) < 4.78 is 5.80. The summed E-state index contributed by atoms with van der Waals surface area (Å²) in [5, 5.41) is 3.65. The predicted octanol–water partition coefficient (Wildman–Crippen LogP) is 2.02. The Hall–Kier alpha value is -0.120. The van der Waals surface area contributed by atoms with Crippen LogP contribution < -0.4 is 5.32 Å². The first-order valence-corrected chi connectivity index (χ1v) is 7.01. The molecule has 3 heteroatoms. The molecule has 17 heavy (non-hydrogen) atoms. The molecule has 2 aliphatic heterocycles. The van der Waals surface area contributed by atoms with Crippen molar-refractivity contribution in [3.8, 4) is 0 Å². The average molecular weight is 240 g/mol. The van der Waals surface area contributed by atoms with E-state index in [9.17, 15) is 0 Å². The Morgan fingerprint density at radius 1 is 1.29 bits per heavy atom. The fourth-order valence-corrected chi connectivity index (χ4v) is 2.96. The normalized spacial score (nSPS) is 33.5. The Balaban J connectivity index is 2.03. The number of nitrogens with one attached hydrogen (secondary N) is 1. The standard InChI is InChI=1S/C14H28N2O/c1-13(2)11-16(10-12-6-5-9-17-12)14(3,4)7-8-15-13/h12,15H,5-11H2,1-4H3. The lowest BCUT2D eigenvalue weighted by molar-refractivity contribution is 0.0262. The largest absolute Gasteiger partial charge is 0.377 e. The van der Waals surface area contributed by atoms with E-state index >= 15 is 0 Å². The van der Waals surface area contributed by atoms with E-state index < -0.39 is 0 Å². The van der Waals surface area contributed by atoms with E-state index in [4.69, 9.17) is 4.74 Å². The third-order valence-corrected chi connectivity index (χ3v) is 4.23. The second-order valence-electron chi connectivity index (χ2n) is 6.89. The second-order valence-corrected chi connectivity index (χ2v) is 6.89. The molecule has 0 aliphatic carbocycles. The van der Waals surface area contributed by atoms with Crippen molar-refractivity contribution in [1.29, 1.82) is 0 Å². The summed E-state index contributed by atoms with van der Waals surface area (Å²) in [7, 11) is 0. The topological polar surface area (TPSA) is 24.5 Å². The Labute approximate surface area is 106 Å². The van der Waals surface area contributed by atoms with Gasteiger partial charge >= 0.3 is 0 Å². The summed E-state index contributed by atoms with van der Waals surface area (Å²) in [6.45, 7) is 13.6. The van der Waals surface area contributed by atoms with Gasteiger partial charge in [0.05, 0.1) is 6.10 Å². The van der Waals surface area contributed by atoms with Crippen LogP contribution >= 0.6 is 0 Å². The number of ether oxygens (including phenoxy) is 1. The monoisotopic (exact) mass is 240 g/mol. The fourth-order valence-electron chi connectivity index (χ4n) is 2.96. The molecule has 2 saturated heterocycles. The highest BCUT2D eigenvalue weighted by atomic mass is 16.5. The van der Waals surface area contributed by atoms with Gasteiger partial charge in [0.1, 0.15) is 0 Å². The number of hydrogen-bond acceptors (Lipinski definition) is 3. The first-order chi connectivity index (χ1) is 7.89. The van der Waals surface area contributed by atoms with E-state index in [0.717, 1.165) is 26.2 Å². The van der Waals surface area contributed by atoms with Crippen LogP contribution in [-0.2, 0) is 4.74 Å². The lowest BCUT2D eigenvalue weighted by Gasteiger charge is -2.40. The second kappa shape index (κ2) is 4.87. The van der Waals surface area contributed by atoms with Gasteiger partial charge in [0.2, 0.25) is 0 Å². The van der Waals surface area contributed by atoms with Crippen LogP contribution in [0.15, 0.2) is 0 Å². The molecule has 2 heterocycles. The van der Waals surface area contributed by atoms with Gasteiger partial charge in [0, 0.05) is 30.8 Å². The van der Waals surface area contributed by atoms with E-state index in [1.54, 1.807) is 0 Å². The fraction of sp³-hybridized carbons (Fsp3) is 1.00. The lowest BCUT2D eigenvalue weighted by atomic mass is 9.96. The summed E-state index contributed by atoms with van der Waals surface area (Å²) in [5.41, 5.74) is 0.499. The van der Waals surface area contributed by atoms with E-state index in [1.807, 2.05) is 0 Å². The molecule has 0 bridgehead atoms. The van der Waals surface area contributed by atoms with Crippen molar-refractivity contribution in [2.24, 2.45) is 0 Å². The van der Waals surface area contributed by atoms with Gasteiger partial charge in [-0.3, -0.25) is 4.90 Å². The highest BCUT2D eigenvalue weighted by molar-refractivity contribution is 4.94. The molecule has 0 aromatic heterocycles. The molecule has 0 radical (unpaired) electrons. The molecule has 1 unspecified atom stereocenters. The van der Waals surface area contributed by atoms with Crippen molar-refractivity contribution in [3.05, 3.63) is 0 Å². The van der Waals surface area contributed by atoms with Gasteiger partial charge in [-0.1, -0.05) is 0 Å². The molecule has 1 N–H and O–H groups in total. The van der Waals surface area contributed by atoms with E-state index in [-0.39, 0.29) is 11.1 Å². The van der Waals surface area contributed by atoms with Gasteiger partial charge in [0.15, 0.2) is 0 Å². The smallest absolute Gasteiger partial charge is 0.0703 e. The molecule has 1 atom stereocenters. The minimum absolute atomic E-state index is 0.215. The molecule has 100 valence electrons. The van der Waals surface area contributed by atoms with E-state index in [2.05, 4.69) is 37.9 Å². The maximum atomic E-state index is 5.80. The molecular formula is C14H28N2O. The number of nitrogens with zero attached hydrogens (tertiary/aromatic N) is 1. The zero-order chi connectivity index (χ0) is 12.5. The van der Waals surface area contributed by atoms with Crippen LogP contribution in [0.25, 0.3) is 0 Å². The minimum Gasteiger partial charge on any atom is -0.377 e. The van der Waals surface area contributed by atoms with Crippen molar-refractivity contribution in [3.63, 3.8) is 0 Å². The van der Waals surface area contributed by atoms with Gasteiger partial charge in [0.25, 0.3) is 0 Å². The summed E-state index contributed by atoms with van der Waals surface area (Å²) in [6.07, 6.45) is 4.15. The van der Waals surface area contributed by atoms with Gasteiger partial charge in [-0.2, -0.15) is 0 Å². The predicted molar refractivity (Wildman–Crippen MR) is 71.3 cm³/mol. The molecule has 0 spiro atoms. The highest BCUT2D eigenvalue weighted by Gasteiger charge is 2.36. The summed E-state index contributed by atoms with van der Waals surface area (Å²) >= 11 is 0. The van der Waals surface area contributed by atoms with Gasteiger partial charge in [-0.15, -0.1) is 0 Å². The third kappa shape index (κ3) is 3.43. The van der Waals surface area contributed by atoms with Gasteiger partial charge < -0.3 is 10.1 Å². The van der Waals surface area contributed by atoms with Crippen LogP contribution in [0, 0.1) is 0 Å². The average Bonchev–Trinajstić information content (AvgIpc) is 2.64. The molecule has 2 aliphatic rings. The zero-order valence-corrected chi connectivity index (χ0v) is 11.9. The van der Waals surface area contributed by atoms with E-state index in [1.165, 1.54) is 19.3 Å². The van der Waals surface area contributed by atoms with Crippen LogP contribution in [-0.4, -0.2) is 48.3 Å². The molecule has 3 nitrogen and oxygen atoms in total.